The third-order valence-electron chi connectivity index (χ3n) is 1.03. The summed E-state index contributed by atoms with van der Waals surface area (Å²) in [6.07, 6.45) is 1.23. The quantitative estimate of drug-likeness (QED) is 0.366. The van der Waals surface area contributed by atoms with E-state index in [4.69, 9.17) is 0 Å². The van der Waals surface area contributed by atoms with Gasteiger partial charge in [-0.1, -0.05) is 25.9 Å². The van der Waals surface area contributed by atoms with Gasteiger partial charge in [0, 0.05) is 5.41 Å². The van der Waals surface area contributed by atoms with Gasteiger partial charge in [-0.05, 0) is 0 Å². The van der Waals surface area contributed by atoms with E-state index in [0.717, 1.165) is 0 Å². The Morgan fingerprint density at radius 2 is 2.09 bits per heavy atom. The minimum absolute atomic E-state index is 0.0849. The summed E-state index contributed by atoms with van der Waals surface area (Å²) in [5.74, 6) is -0.0849. The molecule has 0 saturated carbocycles. The molecule has 0 bridgehead atoms. The molecule has 0 aliphatic carbocycles. The van der Waals surface area contributed by atoms with Gasteiger partial charge in [0.15, 0.2) is 0 Å². The van der Waals surface area contributed by atoms with Crippen LogP contribution < -0.4 is 5.32 Å². The zero-order chi connectivity index (χ0) is 8.91. The van der Waals surface area contributed by atoms with Crippen molar-refractivity contribution in [2.45, 2.75) is 20.8 Å². The molecule has 4 heteroatoms. The van der Waals surface area contributed by atoms with Gasteiger partial charge >= 0.3 is 0 Å². The third-order valence-corrected chi connectivity index (χ3v) is 1.03. The van der Waals surface area contributed by atoms with Crippen LogP contribution in [0, 0.1) is 5.41 Å². The molecule has 0 spiro atoms. The number of carbonyl (C=O) groups excluding carboxylic acids is 1. The van der Waals surface area contributed by atoms with E-state index in [1.807, 2.05) is 20.8 Å². The Morgan fingerprint density at radius 3 is 2.45 bits per heavy atom. The fourth-order valence-electron chi connectivity index (χ4n) is 0.354. The molecule has 0 aromatic carbocycles. The molecule has 0 atom stereocenters. The summed E-state index contributed by atoms with van der Waals surface area (Å²) >= 11 is 0. The Morgan fingerprint density at radius 1 is 1.55 bits per heavy atom. The topological polar surface area (TPSA) is 50.7 Å². The molecule has 0 aromatic heterocycles. The molecule has 0 radical (unpaired) electrons. The second-order valence-corrected chi connectivity index (χ2v) is 3.14. The van der Waals surface area contributed by atoms with Crippen molar-refractivity contribution in [2.75, 3.05) is 7.11 Å². The normalized spacial score (nSPS) is 11.6. The molecule has 1 amide bonds. The van der Waals surface area contributed by atoms with Gasteiger partial charge in [-0.2, -0.15) is 0 Å². The monoisotopic (exact) mass is 158 g/mol. The van der Waals surface area contributed by atoms with Gasteiger partial charge in [-0.25, -0.2) is 0 Å². The van der Waals surface area contributed by atoms with Crippen LogP contribution in [-0.2, 0) is 9.63 Å². The fourth-order valence-corrected chi connectivity index (χ4v) is 0.354. The zero-order valence-corrected chi connectivity index (χ0v) is 7.34. The third kappa shape index (κ3) is 4.36. The highest BCUT2D eigenvalue weighted by atomic mass is 16.6. The molecule has 0 aromatic rings. The highest BCUT2D eigenvalue weighted by Gasteiger charge is 2.19. The first-order chi connectivity index (χ1) is 4.98. The Hall–Kier alpha value is -1.06. The van der Waals surface area contributed by atoms with Crippen LogP contribution in [0.4, 0.5) is 0 Å². The van der Waals surface area contributed by atoms with Crippen molar-refractivity contribution in [3.8, 4) is 0 Å². The molecule has 0 rings (SSSR count). The van der Waals surface area contributed by atoms with Gasteiger partial charge in [0.25, 0.3) is 0 Å². The SMILES string of the molecule is CO/N=C/NC(=O)C(C)(C)C. The molecule has 0 unspecified atom stereocenters. The van der Waals surface area contributed by atoms with Crippen LogP contribution in [0.1, 0.15) is 20.8 Å². The van der Waals surface area contributed by atoms with Crippen molar-refractivity contribution in [3.63, 3.8) is 0 Å². The van der Waals surface area contributed by atoms with E-state index < -0.39 is 0 Å². The van der Waals surface area contributed by atoms with Crippen molar-refractivity contribution in [1.82, 2.24) is 5.32 Å². The summed E-state index contributed by atoms with van der Waals surface area (Å²) < 4.78 is 0. The predicted molar refractivity (Wildman–Crippen MR) is 43.1 cm³/mol. The number of nitrogens with one attached hydrogen (secondary N) is 1. The van der Waals surface area contributed by atoms with Crippen molar-refractivity contribution >= 4 is 12.2 Å². The van der Waals surface area contributed by atoms with E-state index in [1.54, 1.807) is 0 Å². The maximum atomic E-state index is 11.1. The predicted octanol–water partition coefficient (Wildman–Crippen LogP) is 0.738. The second-order valence-electron chi connectivity index (χ2n) is 3.14. The molecular weight excluding hydrogens is 144 g/mol. The van der Waals surface area contributed by atoms with Gasteiger partial charge in [-0.15, -0.1) is 0 Å². The largest absolute Gasteiger partial charge is 0.398 e. The van der Waals surface area contributed by atoms with Gasteiger partial charge < -0.3 is 10.2 Å². The summed E-state index contributed by atoms with van der Waals surface area (Å²) in [4.78, 5) is 15.4. The van der Waals surface area contributed by atoms with Crippen LogP contribution in [0.25, 0.3) is 0 Å². The number of hydrogen-bond acceptors (Lipinski definition) is 3. The lowest BCUT2D eigenvalue weighted by molar-refractivity contribution is -0.126. The summed E-state index contributed by atoms with van der Waals surface area (Å²) in [5.41, 5.74) is -0.389. The fraction of sp³-hybridized carbons (Fsp3) is 0.714. The Balaban J connectivity index is 3.80. The van der Waals surface area contributed by atoms with E-state index in [1.165, 1.54) is 13.4 Å². The summed E-state index contributed by atoms with van der Waals surface area (Å²) in [6, 6.07) is 0. The Kier molecular flexibility index (Phi) is 3.57. The van der Waals surface area contributed by atoms with E-state index >= 15 is 0 Å². The number of oxime groups is 1. The molecule has 4 nitrogen and oxygen atoms in total. The van der Waals surface area contributed by atoms with Gasteiger partial charge in [0.05, 0.1) is 0 Å². The van der Waals surface area contributed by atoms with Crippen LogP contribution in [0.15, 0.2) is 5.16 Å². The van der Waals surface area contributed by atoms with Crippen LogP contribution in [0.3, 0.4) is 0 Å². The van der Waals surface area contributed by atoms with Crippen molar-refractivity contribution in [2.24, 2.45) is 10.6 Å². The van der Waals surface area contributed by atoms with Crippen molar-refractivity contribution in [3.05, 3.63) is 0 Å². The molecule has 0 aliphatic rings. The average Bonchev–Trinajstić information content (AvgIpc) is 1.86. The molecule has 1 N–H and O–H groups in total. The minimum Gasteiger partial charge on any atom is -0.398 e. The first kappa shape index (κ1) is 9.94. The number of hydrogen-bond donors (Lipinski definition) is 1. The highest BCUT2D eigenvalue weighted by molar-refractivity contribution is 5.90. The lowest BCUT2D eigenvalue weighted by Crippen LogP contribution is -2.33. The van der Waals surface area contributed by atoms with E-state index in [-0.39, 0.29) is 11.3 Å². The number of rotatable bonds is 2. The molecule has 11 heavy (non-hydrogen) atoms. The second kappa shape index (κ2) is 3.95. The summed E-state index contributed by atoms with van der Waals surface area (Å²) in [7, 11) is 1.42. The summed E-state index contributed by atoms with van der Waals surface area (Å²) in [6.45, 7) is 5.47. The van der Waals surface area contributed by atoms with E-state index in [2.05, 4.69) is 15.3 Å². The van der Waals surface area contributed by atoms with E-state index in [0.29, 0.717) is 0 Å². The molecular formula is C7H14N2O2. The maximum Gasteiger partial charge on any atom is 0.230 e. The lowest BCUT2D eigenvalue weighted by Gasteiger charge is -2.14. The number of carbonyl (C=O) groups is 1. The first-order valence-corrected chi connectivity index (χ1v) is 3.34. The molecule has 64 valence electrons. The molecule has 0 aliphatic heterocycles. The molecule has 0 saturated heterocycles. The van der Waals surface area contributed by atoms with Crippen LogP contribution in [-0.4, -0.2) is 19.4 Å². The van der Waals surface area contributed by atoms with Crippen LogP contribution in [0.2, 0.25) is 0 Å². The van der Waals surface area contributed by atoms with Crippen LogP contribution in [0.5, 0.6) is 0 Å². The summed E-state index contributed by atoms with van der Waals surface area (Å²) in [5, 5.41) is 5.84. The zero-order valence-electron chi connectivity index (χ0n) is 7.34. The molecule has 0 fully saturated rings. The highest BCUT2D eigenvalue weighted by Crippen LogP contribution is 2.11. The smallest absolute Gasteiger partial charge is 0.230 e. The Bertz CT molecular complexity index is 158. The minimum atomic E-state index is -0.389. The van der Waals surface area contributed by atoms with Gasteiger partial charge in [-0.3, -0.25) is 4.79 Å². The maximum absolute atomic E-state index is 11.1. The lowest BCUT2D eigenvalue weighted by atomic mass is 9.96. The standard InChI is InChI=1S/C7H14N2O2/c1-7(2,3)6(10)8-5-9-11-4/h5H,1-4H3,(H,8,9,10). The Labute approximate surface area is 66.6 Å². The van der Waals surface area contributed by atoms with Crippen molar-refractivity contribution < 1.29 is 9.63 Å². The van der Waals surface area contributed by atoms with Gasteiger partial charge in [0.1, 0.15) is 13.4 Å². The number of nitrogens with zero attached hydrogens (tertiary/aromatic N) is 1. The number of amides is 1. The van der Waals surface area contributed by atoms with Crippen molar-refractivity contribution in [1.29, 1.82) is 0 Å². The van der Waals surface area contributed by atoms with Gasteiger partial charge in [0.2, 0.25) is 5.91 Å². The van der Waals surface area contributed by atoms with E-state index in [9.17, 15) is 4.79 Å². The van der Waals surface area contributed by atoms with Crippen LogP contribution >= 0.6 is 0 Å². The molecule has 0 heterocycles. The average molecular weight is 158 g/mol. The first-order valence-electron chi connectivity index (χ1n) is 3.34.